The number of aliphatic imine (C=N–C) groups is 1. The number of alkyl halides is 1. The van der Waals surface area contributed by atoms with Crippen molar-refractivity contribution in [3.8, 4) is 0 Å². The summed E-state index contributed by atoms with van der Waals surface area (Å²) in [4.78, 5) is 23.2. The number of fused-ring (bicyclic) bond motifs is 1. The number of anilines is 1. The van der Waals surface area contributed by atoms with Crippen LogP contribution in [0, 0.1) is 5.92 Å². The molecule has 0 spiro atoms. The van der Waals surface area contributed by atoms with Gasteiger partial charge in [0.15, 0.2) is 11.6 Å². The maximum atomic E-state index is 15.3. The summed E-state index contributed by atoms with van der Waals surface area (Å²) in [6.07, 6.45) is 2.05. The molecule has 1 fully saturated rings. The van der Waals surface area contributed by atoms with E-state index in [1.165, 1.54) is 0 Å². The van der Waals surface area contributed by atoms with Gasteiger partial charge in [-0.2, -0.15) is 0 Å². The number of likely N-dealkylation sites (tertiary alicyclic amines) is 1. The Kier molecular flexibility index (Phi) is 7.05. The van der Waals surface area contributed by atoms with Crippen molar-refractivity contribution in [3.05, 3.63) is 42.6 Å². The minimum absolute atomic E-state index is 0.193. The highest BCUT2D eigenvalue weighted by Crippen LogP contribution is 2.29. The summed E-state index contributed by atoms with van der Waals surface area (Å²) in [5.74, 6) is 1.22. The van der Waals surface area contributed by atoms with Gasteiger partial charge < -0.3 is 15.0 Å². The first-order valence-corrected chi connectivity index (χ1v) is 10.6. The lowest BCUT2D eigenvalue weighted by Gasteiger charge is -2.36. The van der Waals surface area contributed by atoms with Crippen LogP contribution in [0.2, 0.25) is 0 Å². The molecular weight excluding hydrogens is 395 g/mol. The van der Waals surface area contributed by atoms with E-state index >= 15 is 4.39 Å². The second kappa shape index (κ2) is 9.56. The topological polar surface area (TPSA) is 66.8 Å². The molecular formula is C24H31FN4O2. The molecule has 1 aliphatic rings. The highest BCUT2D eigenvalue weighted by Gasteiger charge is 2.41. The van der Waals surface area contributed by atoms with Gasteiger partial charge in [0.1, 0.15) is 11.6 Å². The molecule has 2 heterocycles. The maximum Gasteiger partial charge on any atom is 0.263 e. The number of rotatable bonds is 6. The second-order valence-corrected chi connectivity index (χ2v) is 8.51. The minimum Gasteiger partial charge on any atom is -0.444 e. The normalized spacial score (nSPS) is 17.0. The molecule has 7 heteroatoms. The highest BCUT2D eigenvalue weighted by molar-refractivity contribution is 5.98. The van der Waals surface area contributed by atoms with Crippen molar-refractivity contribution in [2.75, 3.05) is 32.0 Å². The number of aromatic nitrogens is 1. The second-order valence-electron chi connectivity index (χ2n) is 8.51. The van der Waals surface area contributed by atoms with Crippen LogP contribution < -0.4 is 5.32 Å². The molecule has 31 heavy (non-hydrogen) atoms. The van der Waals surface area contributed by atoms with E-state index in [1.807, 2.05) is 18.2 Å². The highest BCUT2D eigenvalue weighted by atomic mass is 19.1. The molecule has 0 radical (unpaired) electrons. The van der Waals surface area contributed by atoms with Gasteiger partial charge in [-0.05, 0) is 23.4 Å². The molecule has 1 aromatic carbocycles. The zero-order valence-corrected chi connectivity index (χ0v) is 18.7. The van der Waals surface area contributed by atoms with Crippen molar-refractivity contribution >= 4 is 34.2 Å². The lowest BCUT2D eigenvalue weighted by molar-refractivity contribution is -0.130. The van der Waals surface area contributed by atoms with E-state index in [-0.39, 0.29) is 12.8 Å². The Morgan fingerprint density at radius 2 is 2.03 bits per heavy atom. The zero-order valence-electron chi connectivity index (χ0n) is 18.7. The van der Waals surface area contributed by atoms with Gasteiger partial charge in [0, 0.05) is 63.6 Å². The van der Waals surface area contributed by atoms with E-state index in [1.54, 1.807) is 26.2 Å². The number of nitrogens with one attached hydrogen (secondary N) is 1. The summed E-state index contributed by atoms with van der Waals surface area (Å²) in [7, 11) is 1.65. The van der Waals surface area contributed by atoms with E-state index in [9.17, 15) is 4.79 Å². The Balaban J connectivity index is 1.71. The minimum atomic E-state index is -1.87. The number of benzene rings is 1. The van der Waals surface area contributed by atoms with Gasteiger partial charge in [-0.15, -0.1) is 0 Å². The van der Waals surface area contributed by atoms with Gasteiger partial charge >= 0.3 is 0 Å². The van der Waals surface area contributed by atoms with Gasteiger partial charge in [-0.3, -0.25) is 9.79 Å². The first kappa shape index (κ1) is 22.9. The van der Waals surface area contributed by atoms with Crippen molar-refractivity contribution < 1.29 is 13.9 Å². The average Bonchev–Trinajstić information content (AvgIpc) is 2.74. The number of piperidine rings is 1. The summed E-state index contributed by atoms with van der Waals surface area (Å²) >= 11 is 0. The van der Waals surface area contributed by atoms with E-state index < -0.39 is 11.6 Å². The standard InChI is InChI=1S/C24H31FN4O2/c1-16(2)15-29-10-8-24(25,9-11-29)23(30)28-22-13-21-12-19(6-7-20(21)14-27-22)17(3)31-18(4)26-5/h6-7,12-14,16H,3,8-11,15H2,1-2,4-5H3,(H,27,28,30). The van der Waals surface area contributed by atoms with Crippen LogP contribution in [0.5, 0.6) is 0 Å². The number of carbonyl (C=O) groups is 1. The Bertz CT molecular complexity index is 994. The number of hydrogen-bond acceptors (Lipinski definition) is 5. The number of ether oxygens (including phenoxy) is 1. The quantitative estimate of drug-likeness (QED) is 0.414. The van der Waals surface area contributed by atoms with Crippen LogP contribution in [-0.2, 0) is 9.53 Å². The Morgan fingerprint density at radius 1 is 1.32 bits per heavy atom. The van der Waals surface area contributed by atoms with E-state index in [4.69, 9.17) is 4.74 Å². The zero-order chi connectivity index (χ0) is 22.6. The summed E-state index contributed by atoms with van der Waals surface area (Å²) < 4.78 is 20.9. The number of carbonyl (C=O) groups excluding carboxylic acids is 1. The van der Waals surface area contributed by atoms with Crippen LogP contribution in [0.4, 0.5) is 10.2 Å². The Morgan fingerprint density at radius 3 is 2.68 bits per heavy atom. The fourth-order valence-corrected chi connectivity index (χ4v) is 3.73. The molecule has 2 aromatic rings. The van der Waals surface area contributed by atoms with Gasteiger partial charge in [-0.1, -0.05) is 32.6 Å². The average molecular weight is 427 g/mol. The fraction of sp³-hybridized carbons (Fsp3) is 0.458. The lowest BCUT2D eigenvalue weighted by Crippen LogP contribution is -2.49. The summed E-state index contributed by atoms with van der Waals surface area (Å²) in [5.41, 5.74) is -1.08. The van der Waals surface area contributed by atoms with Gasteiger partial charge in [0.05, 0.1) is 0 Å². The van der Waals surface area contributed by atoms with Crippen LogP contribution in [-0.4, -0.2) is 54.0 Å². The fourth-order valence-electron chi connectivity index (χ4n) is 3.73. The number of nitrogens with zero attached hydrogens (tertiary/aromatic N) is 3. The van der Waals surface area contributed by atoms with Gasteiger partial charge in [0.2, 0.25) is 0 Å². The third-order valence-corrected chi connectivity index (χ3v) is 5.55. The predicted octanol–water partition coefficient (Wildman–Crippen LogP) is 4.67. The molecule has 0 bridgehead atoms. The third kappa shape index (κ3) is 5.67. The summed E-state index contributed by atoms with van der Waals surface area (Å²) in [5, 5.41) is 4.41. The van der Waals surface area contributed by atoms with E-state index in [0.717, 1.165) is 22.9 Å². The Hall–Kier alpha value is -2.80. The Labute approximate surface area is 183 Å². The molecule has 0 aliphatic carbocycles. The van der Waals surface area contributed by atoms with Crippen molar-refractivity contribution in [1.82, 2.24) is 9.88 Å². The molecule has 1 aliphatic heterocycles. The molecule has 166 valence electrons. The molecule has 1 amide bonds. The third-order valence-electron chi connectivity index (χ3n) is 5.55. The summed E-state index contributed by atoms with van der Waals surface area (Å²) in [6.45, 7) is 12.1. The summed E-state index contributed by atoms with van der Waals surface area (Å²) in [6, 6.07) is 7.42. The molecule has 6 nitrogen and oxygen atoms in total. The van der Waals surface area contributed by atoms with Gasteiger partial charge in [-0.25, -0.2) is 9.37 Å². The number of halogens is 1. The van der Waals surface area contributed by atoms with Crippen molar-refractivity contribution in [2.24, 2.45) is 10.9 Å². The molecule has 3 rings (SSSR count). The van der Waals surface area contributed by atoms with E-state index in [2.05, 4.69) is 40.6 Å². The van der Waals surface area contributed by atoms with Crippen molar-refractivity contribution in [2.45, 2.75) is 39.3 Å². The van der Waals surface area contributed by atoms with Crippen LogP contribution in [0.1, 0.15) is 39.2 Å². The molecule has 0 saturated carbocycles. The van der Waals surface area contributed by atoms with Crippen molar-refractivity contribution in [1.29, 1.82) is 0 Å². The van der Waals surface area contributed by atoms with Crippen LogP contribution >= 0.6 is 0 Å². The lowest BCUT2D eigenvalue weighted by atomic mass is 9.92. The smallest absolute Gasteiger partial charge is 0.263 e. The van der Waals surface area contributed by atoms with Crippen LogP contribution in [0.25, 0.3) is 16.5 Å². The first-order valence-electron chi connectivity index (χ1n) is 10.6. The molecule has 1 aromatic heterocycles. The van der Waals surface area contributed by atoms with Crippen molar-refractivity contribution in [3.63, 3.8) is 0 Å². The molecule has 0 unspecified atom stereocenters. The first-order chi connectivity index (χ1) is 14.7. The molecule has 1 N–H and O–H groups in total. The van der Waals surface area contributed by atoms with Crippen LogP contribution in [0.15, 0.2) is 42.0 Å². The van der Waals surface area contributed by atoms with E-state index in [0.29, 0.717) is 36.5 Å². The number of hydrogen-bond donors (Lipinski definition) is 1. The van der Waals surface area contributed by atoms with Crippen LogP contribution in [0.3, 0.4) is 0 Å². The molecule has 0 atom stereocenters. The van der Waals surface area contributed by atoms with Gasteiger partial charge in [0.25, 0.3) is 5.91 Å². The molecule has 1 saturated heterocycles. The number of pyridine rings is 1. The predicted molar refractivity (Wildman–Crippen MR) is 124 cm³/mol. The SMILES string of the molecule is C=C(OC(C)=NC)c1ccc2cnc(NC(=O)C3(F)CCN(CC(C)C)CC3)cc2c1. The number of amides is 1. The maximum absolute atomic E-state index is 15.3. The monoisotopic (exact) mass is 426 g/mol. The largest absolute Gasteiger partial charge is 0.444 e.